The highest BCUT2D eigenvalue weighted by Crippen LogP contribution is 2.24. The van der Waals surface area contributed by atoms with E-state index in [9.17, 15) is 0 Å². The highest BCUT2D eigenvalue weighted by molar-refractivity contribution is 5.61. The van der Waals surface area contributed by atoms with Crippen molar-refractivity contribution in [2.24, 2.45) is 0 Å². The maximum Gasteiger partial charge on any atom is 0.249 e. The maximum absolute atomic E-state index is 4.48. The average Bonchev–Trinajstić information content (AvgIpc) is 2.57. The van der Waals surface area contributed by atoms with Crippen molar-refractivity contribution in [1.82, 2.24) is 15.2 Å². The third kappa shape index (κ3) is 4.32. The molecule has 2 aromatic carbocycles. The lowest BCUT2D eigenvalue weighted by molar-refractivity contribution is 0.590. The number of hydrogen-bond acceptors (Lipinski definition) is 5. The van der Waals surface area contributed by atoms with Crippen LogP contribution in [-0.4, -0.2) is 15.2 Å². The number of nitrogens with zero attached hydrogens (tertiary/aromatic N) is 3. The Hall–Kier alpha value is -2.95. The zero-order valence-electron chi connectivity index (χ0n) is 15.0. The highest BCUT2D eigenvalue weighted by Gasteiger charge is 2.13. The Morgan fingerprint density at radius 1 is 0.880 bits per heavy atom. The zero-order valence-corrected chi connectivity index (χ0v) is 15.0. The van der Waals surface area contributed by atoms with Crippen LogP contribution in [0.5, 0.6) is 0 Å². The first kappa shape index (κ1) is 16.9. The van der Waals surface area contributed by atoms with Gasteiger partial charge in [0.2, 0.25) is 5.95 Å². The predicted octanol–water partition coefficient (Wildman–Crippen LogP) is 4.96. The van der Waals surface area contributed by atoms with Crippen LogP contribution in [0.15, 0.2) is 54.7 Å². The molecule has 0 radical (unpaired) electrons. The van der Waals surface area contributed by atoms with E-state index in [-0.39, 0.29) is 5.41 Å². The lowest BCUT2D eigenvalue weighted by Gasteiger charge is -2.19. The lowest BCUT2D eigenvalue weighted by atomic mass is 9.87. The molecule has 0 bridgehead atoms. The van der Waals surface area contributed by atoms with Crippen molar-refractivity contribution >= 4 is 23.1 Å². The van der Waals surface area contributed by atoms with E-state index >= 15 is 0 Å². The minimum atomic E-state index is 0.133. The number of hydrogen-bond donors (Lipinski definition) is 2. The molecule has 0 fully saturated rings. The number of aromatic nitrogens is 3. The molecule has 2 N–H and O–H groups in total. The monoisotopic (exact) mass is 333 g/mol. The van der Waals surface area contributed by atoms with Gasteiger partial charge in [0.15, 0.2) is 5.82 Å². The summed E-state index contributed by atoms with van der Waals surface area (Å²) in [6.45, 7) is 8.64. The fourth-order valence-corrected chi connectivity index (χ4v) is 2.45. The number of rotatable bonds is 4. The molecule has 25 heavy (non-hydrogen) atoms. The molecule has 0 aliphatic rings. The van der Waals surface area contributed by atoms with Crippen LogP contribution in [0.25, 0.3) is 0 Å². The first-order chi connectivity index (χ1) is 11.9. The summed E-state index contributed by atoms with van der Waals surface area (Å²) in [5.41, 5.74) is 4.50. The standard InChI is InChI=1S/C20H23N5/c1-14-7-5-6-8-17(14)23-18-13-21-25-19(24-18)22-16-11-9-15(10-12-16)20(2,3)4/h5-13H,1-4H3,(H2,22,23,24,25). The van der Waals surface area contributed by atoms with E-state index in [1.54, 1.807) is 6.20 Å². The molecule has 1 aromatic heterocycles. The van der Waals surface area contributed by atoms with Crippen LogP contribution in [0.3, 0.4) is 0 Å². The molecule has 0 aliphatic heterocycles. The molecule has 0 unspecified atom stereocenters. The van der Waals surface area contributed by atoms with Crippen molar-refractivity contribution in [2.75, 3.05) is 10.6 Å². The van der Waals surface area contributed by atoms with Gasteiger partial charge in [-0.15, -0.1) is 5.10 Å². The number of nitrogens with one attached hydrogen (secondary N) is 2. The number of aryl methyl sites for hydroxylation is 1. The van der Waals surface area contributed by atoms with E-state index in [4.69, 9.17) is 0 Å². The third-order valence-corrected chi connectivity index (χ3v) is 3.97. The van der Waals surface area contributed by atoms with Crippen LogP contribution in [0.4, 0.5) is 23.1 Å². The van der Waals surface area contributed by atoms with Crippen molar-refractivity contribution in [3.8, 4) is 0 Å². The summed E-state index contributed by atoms with van der Waals surface area (Å²) >= 11 is 0. The summed E-state index contributed by atoms with van der Waals surface area (Å²) in [5.74, 6) is 1.11. The summed E-state index contributed by atoms with van der Waals surface area (Å²) in [6, 6.07) is 16.3. The minimum Gasteiger partial charge on any atom is -0.339 e. The van der Waals surface area contributed by atoms with Crippen LogP contribution < -0.4 is 10.6 Å². The van der Waals surface area contributed by atoms with Crippen LogP contribution in [0.1, 0.15) is 31.9 Å². The molecule has 5 nitrogen and oxygen atoms in total. The molecule has 1 heterocycles. The first-order valence-corrected chi connectivity index (χ1v) is 8.32. The van der Waals surface area contributed by atoms with Crippen LogP contribution >= 0.6 is 0 Å². The second-order valence-electron chi connectivity index (χ2n) is 7.06. The first-order valence-electron chi connectivity index (χ1n) is 8.32. The fraction of sp³-hybridized carbons (Fsp3) is 0.250. The van der Waals surface area contributed by atoms with Gasteiger partial charge in [-0.05, 0) is 41.7 Å². The number of anilines is 4. The second-order valence-corrected chi connectivity index (χ2v) is 7.06. The molecule has 0 amide bonds. The van der Waals surface area contributed by atoms with E-state index in [1.165, 1.54) is 5.56 Å². The van der Waals surface area contributed by atoms with Crippen molar-refractivity contribution in [3.63, 3.8) is 0 Å². The van der Waals surface area contributed by atoms with E-state index in [0.29, 0.717) is 11.8 Å². The molecule has 0 aliphatic carbocycles. The Morgan fingerprint density at radius 2 is 1.60 bits per heavy atom. The molecule has 128 valence electrons. The molecule has 0 spiro atoms. The van der Waals surface area contributed by atoms with Crippen molar-refractivity contribution in [2.45, 2.75) is 33.1 Å². The van der Waals surface area contributed by atoms with E-state index in [2.05, 4.69) is 58.7 Å². The second kappa shape index (κ2) is 6.89. The Bertz CT molecular complexity index is 850. The van der Waals surface area contributed by atoms with Gasteiger partial charge in [0, 0.05) is 11.4 Å². The SMILES string of the molecule is Cc1ccccc1Nc1cnnc(Nc2ccc(C(C)(C)C)cc2)n1. The van der Waals surface area contributed by atoms with Gasteiger partial charge in [0.25, 0.3) is 0 Å². The van der Waals surface area contributed by atoms with E-state index in [0.717, 1.165) is 16.9 Å². The molecule has 0 atom stereocenters. The largest absolute Gasteiger partial charge is 0.339 e. The molecule has 0 saturated carbocycles. The Balaban J connectivity index is 1.75. The summed E-state index contributed by atoms with van der Waals surface area (Å²) in [4.78, 5) is 4.48. The quantitative estimate of drug-likeness (QED) is 0.706. The number of benzene rings is 2. The van der Waals surface area contributed by atoms with Gasteiger partial charge in [-0.1, -0.05) is 51.1 Å². The van der Waals surface area contributed by atoms with Crippen molar-refractivity contribution < 1.29 is 0 Å². The van der Waals surface area contributed by atoms with Crippen LogP contribution in [0, 0.1) is 6.92 Å². The topological polar surface area (TPSA) is 62.7 Å². The lowest BCUT2D eigenvalue weighted by Crippen LogP contribution is -2.10. The van der Waals surface area contributed by atoms with Gasteiger partial charge < -0.3 is 10.6 Å². The van der Waals surface area contributed by atoms with E-state index in [1.807, 2.05) is 43.3 Å². The van der Waals surface area contributed by atoms with Crippen molar-refractivity contribution in [3.05, 3.63) is 65.9 Å². The summed E-state index contributed by atoms with van der Waals surface area (Å²) < 4.78 is 0. The normalized spacial score (nSPS) is 11.2. The van der Waals surface area contributed by atoms with Crippen LogP contribution in [-0.2, 0) is 5.41 Å². The predicted molar refractivity (Wildman–Crippen MR) is 103 cm³/mol. The minimum absolute atomic E-state index is 0.133. The fourth-order valence-electron chi connectivity index (χ4n) is 2.45. The maximum atomic E-state index is 4.48. The zero-order chi connectivity index (χ0) is 17.9. The van der Waals surface area contributed by atoms with Gasteiger partial charge in [-0.25, -0.2) is 0 Å². The summed E-state index contributed by atoms with van der Waals surface area (Å²) in [7, 11) is 0. The highest BCUT2D eigenvalue weighted by atomic mass is 15.3. The average molecular weight is 333 g/mol. The van der Waals surface area contributed by atoms with Gasteiger partial charge in [-0.3, -0.25) is 0 Å². The molecule has 5 heteroatoms. The molecular formula is C20H23N5. The molecule has 0 saturated heterocycles. The summed E-state index contributed by atoms with van der Waals surface area (Å²) in [5, 5.41) is 14.6. The van der Waals surface area contributed by atoms with Gasteiger partial charge in [0.1, 0.15) is 0 Å². The third-order valence-electron chi connectivity index (χ3n) is 3.97. The van der Waals surface area contributed by atoms with Gasteiger partial charge in [0.05, 0.1) is 6.20 Å². The van der Waals surface area contributed by atoms with Crippen LogP contribution in [0.2, 0.25) is 0 Å². The van der Waals surface area contributed by atoms with Gasteiger partial charge in [-0.2, -0.15) is 10.1 Å². The molecule has 3 rings (SSSR count). The molecule has 3 aromatic rings. The summed E-state index contributed by atoms with van der Waals surface area (Å²) in [6.07, 6.45) is 1.61. The Labute approximate surface area is 148 Å². The van der Waals surface area contributed by atoms with E-state index < -0.39 is 0 Å². The number of para-hydroxylation sites is 1. The van der Waals surface area contributed by atoms with Crippen molar-refractivity contribution in [1.29, 1.82) is 0 Å². The smallest absolute Gasteiger partial charge is 0.249 e. The van der Waals surface area contributed by atoms with Gasteiger partial charge >= 0.3 is 0 Å². The molecular weight excluding hydrogens is 310 g/mol. The Kier molecular flexibility index (Phi) is 4.65. The Morgan fingerprint density at radius 3 is 2.28 bits per heavy atom.